The predicted molar refractivity (Wildman–Crippen MR) is 88.8 cm³/mol. The zero-order valence-corrected chi connectivity index (χ0v) is 13.4. The number of Topliss-reactive ketones (excluding diaryl/α,β-unsaturated/α-hetero) is 1. The fourth-order valence-corrected chi connectivity index (χ4v) is 2.60. The molecule has 1 unspecified atom stereocenters. The van der Waals surface area contributed by atoms with Crippen molar-refractivity contribution in [2.24, 2.45) is 11.8 Å². The van der Waals surface area contributed by atoms with Crippen LogP contribution in [0.1, 0.15) is 34.1 Å². The summed E-state index contributed by atoms with van der Waals surface area (Å²) in [6.07, 6.45) is 13.5. The third-order valence-corrected chi connectivity index (χ3v) is 4.13. The Kier molecular flexibility index (Phi) is 5.00. The van der Waals surface area contributed by atoms with Crippen LogP contribution in [-0.2, 0) is 4.79 Å². The fourth-order valence-electron chi connectivity index (χ4n) is 2.60. The summed E-state index contributed by atoms with van der Waals surface area (Å²) in [4.78, 5) is 12.3. The van der Waals surface area contributed by atoms with Crippen LogP contribution in [0.25, 0.3) is 0 Å². The molecule has 0 saturated heterocycles. The molecule has 0 heterocycles. The maximum atomic E-state index is 12.3. The van der Waals surface area contributed by atoms with E-state index in [0.717, 1.165) is 17.7 Å². The number of nitrogens with one attached hydrogen (secondary N) is 1. The number of ketones is 1. The summed E-state index contributed by atoms with van der Waals surface area (Å²) in [6, 6.07) is 0. The molecule has 2 aliphatic rings. The van der Waals surface area contributed by atoms with Crippen molar-refractivity contribution in [3.05, 3.63) is 58.9 Å². The van der Waals surface area contributed by atoms with E-state index in [9.17, 15) is 4.79 Å². The third-order valence-electron chi connectivity index (χ3n) is 4.13. The molecule has 2 heteroatoms. The Bertz CT molecular complexity index is 572. The topological polar surface area (TPSA) is 29.1 Å². The molecule has 1 N–H and O–H groups in total. The first kappa shape index (κ1) is 15.6. The number of carbonyl (C=O) groups is 1. The minimum absolute atomic E-state index is 0.155. The van der Waals surface area contributed by atoms with Gasteiger partial charge in [0.2, 0.25) is 0 Å². The summed E-state index contributed by atoms with van der Waals surface area (Å²) in [5, 5.41) is 3.25. The first-order valence-corrected chi connectivity index (χ1v) is 7.67. The molecule has 2 rings (SSSR count). The number of rotatable bonds is 4. The van der Waals surface area contributed by atoms with Crippen LogP contribution in [0.5, 0.6) is 0 Å². The van der Waals surface area contributed by atoms with Gasteiger partial charge in [0, 0.05) is 11.3 Å². The maximum Gasteiger partial charge on any atom is 0.181 e. The fraction of sp³-hybridized carbons (Fsp3) is 0.421. The highest BCUT2D eigenvalue weighted by Gasteiger charge is 2.16. The van der Waals surface area contributed by atoms with E-state index in [-0.39, 0.29) is 5.78 Å². The lowest BCUT2D eigenvalue weighted by Gasteiger charge is -2.18. The average molecular weight is 283 g/mol. The Balaban J connectivity index is 1.97. The summed E-state index contributed by atoms with van der Waals surface area (Å²) >= 11 is 0. The van der Waals surface area contributed by atoms with Gasteiger partial charge in [0.05, 0.1) is 6.54 Å². The molecule has 0 saturated carbocycles. The van der Waals surface area contributed by atoms with Crippen molar-refractivity contribution in [2.75, 3.05) is 6.54 Å². The molecule has 2 aliphatic carbocycles. The van der Waals surface area contributed by atoms with Gasteiger partial charge in [-0.1, -0.05) is 49.3 Å². The van der Waals surface area contributed by atoms with Crippen molar-refractivity contribution >= 4 is 5.78 Å². The van der Waals surface area contributed by atoms with Crippen molar-refractivity contribution in [2.45, 2.75) is 34.1 Å². The van der Waals surface area contributed by atoms with E-state index in [2.05, 4.69) is 63.4 Å². The number of allylic oxidation sites excluding steroid dienone is 8. The van der Waals surface area contributed by atoms with Crippen molar-refractivity contribution in [3.8, 4) is 0 Å². The van der Waals surface area contributed by atoms with Gasteiger partial charge in [-0.15, -0.1) is 0 Å². The van der Waals surface area contributed by atoms with Crippen molar-refractivity contribution in [3.63, 3.8) is 0 Å². The van der Waals surface area contributed by atoms with Crippen LogP contribution in [0.2, 0.25) is 0 Å². The van der Waals surface area contributed by atoms with Crippen LogP contribution in [0, 0.1) is 11.8 Å². The first-order chi connectivity index (χ1) is 9.95. The number of hydrogen-bond acceptors (Lipinski definition) is 2. The summed E-state index contributed by atoms with van der Waals surface area (Å²) < 4.78 is 0. The largest absolute Gasteiger partial charge is 0.378 e. The van der Waals surface area contributed by atoms with Gasteiger partial charge in [-0.3, -0.25) is 4.79 Å². The molecule has 2 atom stereocenters. The lowest BCUT2D eigenvalue weighted by molar-refractivity contribution is -0.114. The van der Waals surface area contributed by atoms with Crippen LogP contribution in [0.15, 0.2) is 58.9 Å². The van der Waals surface area contributed by atoms with E-state index < -0.39 is 0 Å². The smallest absolute Gasteiger partial charge is 0.181 e. The minimum Gasteiger partial charge on any atom is -0.378 e. The van der Waals surface area contributed by atoms with E-state index in [1.54, 1.807) is 0 Å². The van der Waals surface area contributed by atoms with Crippen molar-refractivity contribution in [1.29, 1.82) is 0 Å². The Morgan fingerprint density at radius 1 is 1.19 bits per heavy atom. The second kappa shape index (κ2) is 6.75. The molecular weight excluding hydrogens is 258 g/mol. The van der Waals surface area contributed by atoms with Gasteiger partial charge in [-0.05, 0) is 44.3 Å². The first-order valence-electron chi connectivity index (χ1n) is 7.67. The van der Waals surface area contributed by atoms with Gasteiger partial charge in [-0.25, -0.2) is 0 Å². The van der Waals surface area contributed by atoms with Gasteiger partial charge >= 0.3 is 0 Å². The number of carbonyl (C=O) groups excluding carboxylic acids is 1. The summed E-state index contributed by atoms with van der Waals surface area (Å²) in [5.74, 6) is 1.10. The van der Waals surface area contributed by atoms with Gasteiger partial charge in [-0.2, -0.15) is 0 Å². The second-order valence-electron chi connectivity index (χ2n) is 6.28. The Morgan fingerprint density at radius 3 is 2.67 bits per heavy atom. The van der Waals surface area contributed by atoms with Gasteiger partial charge in [0.15, 0.2) is 5.78 Å². The van der Waals surface area contributed by atoms with E-state index >= 15 is 0 Å². The molecule has 112 valence electrons. The lowest BCUT2D eigenvalue weighted by atomic mass is 9.87. The normalized spacial score (nSPS) is 25.3. The molecule has 0 amide bonds. The Morgan fingerprint density at radius 2 is 1.95 bits per heavy atom. The molecule has 0 aliphatic heterocycles. The molecule has 0 aromatic carbocycles. The Labute approximate surface area is 128 Å². The molecule has 0 fully saturated rings. The molecule has 0 spiro atoms. The minimum atomic E-state index is 0.155. The Hall–Kier alpha value is -1.83. The van der Waals surface area contributed by atoms with E-state index in [0.29, 0.717) is 18.4 Å². The second-order valence-corrected chi connectivity index (χ2v) is 6.28. The quantitative estimate of drug-likeness (QED) is 0.842. The number of hydrogen-bond donors (Lipinski definition) is 1. The van der Waals surface area contributed by atoms with Crippen LogP contribution in [0.4, 0.5) is 0 Å². The molecule has 2 nitrogen and oxygen atoms in total. The zero-order valence-electron chi connectivity index (χ0n) is 13.4. The van der Waals surface area contributed by atoms with Gasteiger partial charge in [0.1, 0.15) is 0 Å². The molecule has 21 heavy (non-hydrogen) atoms. The van der Waals surface area contributed by atoms with Crippen LogP contribution in [-0.4, -0.2) is 12.3 Å². The zero-order chi connectivity index (χ0) is 15.4. The molecule has 0 aromatic heterocycles. The highest BCUT2D eigenvalue weighted by molar-refractivity contribution is 5.99. The molecular formula is C19H25NO. The molecule has 0 bridgehead atoms. The van der Waals surface area contributed by atoms with Crippen LogP contribution in [0.3, 0.4) is 0 Å². The molecule has 0 aromatic rings. The predicted octanol–water partition coefficient (Wildman–Crippen LogP) is 4.09. The molecule has 0 radical (unpaired) electrons. The standard InChI is InChI=1S/C19H25NO/c1-13-5-8-18(10-14(2)9-13)20-12-19(21)17-7-6-15(3)16(4)11-17/h5-8,10-11,15-16,20H,9,12H2,1-4H3/t15-,16?/m1/s1. The van der Waals surface area contributed by atoms with Crippen LogP contribution < -0.4 is 5.32 Å². The van der Waals surface area contributed by atoms with Crippen molar-refractivity contribution < 1.29 is 4.79 Å². The average Bonchev–Trinajstić information content (AvgIpc) is 2.59. The van der Waals surface area contributed by atoms with E-state index in [4.69, 9.17) is 0 Å². The summed E-state index contributed by atoms with van der Waals surface area (Å²) in [7, 11) is 0. The van der Waals surface area contributed by atoms with Crippen LogP contribution >= 0.6 is 0 Å². The monoisotopic (exact) mass is 283 g/mol. The highest BCUT2D eigenvalue weighted by atomic mass is 16.1. The van der Waals surface area contributed by atoms with E-state index in [1.807, 2.05) is 6.08 Å². The lowest BCUT2D eigenvalue weighted by Crippen LogP contribution is -2.24. The van der Waals surface area contributed by atoms with E-state index in [1.165, 1.54) is 11.1 Å². The highest BCUT2D eigenvalue weighted by Crippen LogP contribution is 2.22. The van der Waals surface area contributed by atoms with Gasteiger partial charge in [0.25, 0.3) is 0 Å². The third kappa shape index (κ3) is 4.32. The maximum absolute atomic E-state index is 12.3. The van der Waals surface area contributed by atoms with Gasteiger partial charge < -0.3 is 5.32 Å². The summed E-state index contributed by atoms with van der Waals surface area (Å²) in [6.45, 7) is 8.93. The SMILES string of the molecule is CC1=CC=C(NCC(=O)C2=CC(C)[C@H](C)C=C2)C=C(C)C1. The summed E-state index contributed by atoms with van der Waals surface area (Å²) in [5.41, 5.74) is 4.49. The van der Waals surface area contributed by atoms with Crippen molar-refractivity contribution in [1.82, 2.24) is 5.32 Å².